The SMILES string of the molecule is CC(c1ncnn1-c1ccc(Br)cn1)N(C)c1ncnc2c(C(F)(F)F)cc(Cl)cc12. The van der Waals surface area contributed by atoms with E-state index in [0.717, 1.165) is 16.9 Å². The molecule has 0 fully saturated rings. The molecule has 0 saturated heterocycles. The molecule has 0 bridgehead atoms. The molecule has 4 rings (SSSR count). The Kier molecular flexibility index (Phi) is 5.56. The van der Waals surface area contributed by atoms with Gasteiger partial charge in [0.05, 0.1) is 17.1 Å². The molecule has 3 aromatic heterocycles. The van der Waals surface area contributed by atoms with Crippen molar-refractivity contribution in [3.63, 3.8) is 0 Å². The Morgan fingerprint density at radius 1 is 1.10 bits per heavy atom. The minimum Gasteiger partial charge on any atom is -0.349 e. The minimum atomic E-state index is -4.60. The highest BCUT2D eigenvalue weighted by Gasteiger charge is 2.35. The van der Waals surface area contributed by atoms with Gasteiger partial charge >= 0.3 is 6.18 Å². The van der Waals surface area contributed by atoms with Crippen molar-refractivity contribution in [1.29, 1.82) is 0 Å². The molecule has 0 aliphatic rings. The number of anilines is 1. The van der Waals surface area contributed by atoms with Crippen molar-refractivity contribution >= 4 is 44.3 Å². The van der Waals surface area contributed by atoms with Gasteiger partial charge in [0.15, 0.2) is 11.6 Å². The van der Waals surface area contributed by atoms with Gasteiger partial charge in [-0.2, -0.15) is 23.0 Å². The van der Waals surface area contributed by atoms with Crippen LogP contribution < -0.4 is 4.90 Å². The number of aromatic nitrogens is 6. The second kappa shape index (κ2) is 8.04. The van der Waals surface area contributed by atoms with Crippen molar-refractivity contribution in [2.24, 2.45) is 0 Å². The summed E-state index contributed by atoms with van der Waals surface area (Å²) in [6.07, 6.45) is -0.481. The molecule has 0 saturated carbocycles. The van der Waals surface area contributed by atoms with Gasteiger partial charge in [-0.3, -0.25) is 0 Å². The van der Waals surface area contributed by atoms with Gasteiger partial charge in [0.1, 0.15) is 18.5 Å². The van der Waals surface area contributed by atoms with Gasteiger partial charge in [-0.05, 0) is 47.1 Å². The Morgan fingerprint density at radius 2 is 1.87 bits per heavy atom. The summed E-state index contributed by atoms with van der Waals surface area (Å²) in [5, 5.41) is 4.36. The predicted molar refractivity (Wildman–Crippen MR) is 113 cm³/mol. The monoisotopic (exact) mass is 511 g/mol. The van der Waals surface area contributed by atoms with Crippen LogP contribution in [0.15, 0.2) is 47.6 Å². The highest BCUT2D eigenvalue weighted by molar-refractivity contribution is 9.10. The zero-order valence-corrected chi connectivity index (χ0v) is 18.5. The average Bonchev–Trinajstić information content (AvgIpc) is 3.21. The van der Waals surface area contributed by atoms with Crippen LogP contribution in [0, 0.1) is 0 Å². The molecule has 1 unspecified atom stereocenters. The maximum atomic E-state index is 13.5. The zero-order chi connectivity index (χ0) is 22.3. The van der Waals surface area contributed by atoms with Gasteiger partial charge in [-0.25, -0.2) is 19.9 Å². The summed E-state index contributed by atoms with van der Waals surface area (Å²) in [5.41, 5.74) is -1.14. The molecule has 12 heteroatoms. The lowest BCUT2D eigenvalue weighted by atomic mass is 10.1. The maximum absolute atomic E-state index is 13.5. The molecule has 1 aromatic carbocycles. The lowest BCUT2D eigenvalue weighted by Crippen LogP contribution is -2.26. The van der Waals surface area contributed by atoms with Crippen molar-refractivity contribution < 1.29 is 13.2 Å². The number of fused-ring (bicyclic) bond motifs is 1. The third kappa shape index (κ3) is 4.07. The molecule has 31 heavy (non-hydrogen) atoms. The number of hydrogen-bond donors (Lipinski definition) is 0. The summed E-state index contributed by atoms with van der Waals surface area (Å²) in [7, 11) is 1.70. The number of hydrogen-bond acceptors (Lipinski definition) is 6. The van der Waals surface area contributed by atoms with Crippen LogP contribution in [0.2, 0.25) is 5.02 Å². The molecule has 3 heterocycles. The molecule has 4 aromatic rings. The normalized spacial score (nSPS) is 12.9. The van der Waals surface area contributed by atoms with Crippen LogP contribution in [0.25, 0.3) is 16.7 Å². The molecular formula is C19H14BrClF3N7. The van der Waals surface area contributed by atoms with Crippen LogP contribution in [0.4, 0.5) is 19.0 Å². The number of alkyl halides is 3. The van der Waals surface area contributed by atoms with E-state index < -0.39 is 17.8 Å². The van der Waals surface area contributed by atoms with Gasteiger partial charge in [0, 0.05) is 28.1 Å². The zero-order valence-electron chi connectivity index (χ0n) is 16.1. The molecular weight excluding hydrogens is 499 g/mol. The van der Waals surface area contributed by atoms with E-state index in [4.69, 9.17) is 11.6 Å². The molecule has 0 aliphatic carbocycles. The molecule has 0 aliphatic heterocycles. The minimum absolute atomic E-state index is 0.0563. The fraction of sp³-hybridized carbons (Fsp3) is 0.211. The molecule has 0 spiro atoms. The fourth-order valence-corrected chi connectivity index (χ4v) is 3.63. The summed E-state index contributed by atoms with van der Waals surface area (Å²) in [4.78, 5) is 18.4. The largest absolute Gasteiger partial charge is 0.418 e. The van der Waals surface area contributed by atoms with Crippen LogP contribution in [0.5, 0.6) is 0 Å². The number of halogens is 5. The summed E-state index contributed by atoms with van der Waals surface area (Å²) in [6.45, 7) is 1.84. The Bertz CT molecular complexity index is 1240. The van der Waals surface area contributed by atoms with E-state index in [-0.39, 0.29) is 21.7 Å². The Hall–Kier alpha value is -2.79. The fourth-order valence-electron chi connectivity index (χ4n) is 3.18. The van der Waals surface area contributed by atoms with Gasteiger partial charge in [-0.15, -0.1) is 0 Å². The standard InChI is InChI=1S/C19H14BrClF3N7/c1-10(17-28-9-29-31(17)15-4-3-11(20)7-25-15)30(2)18-13-5-12(21)6-14(19(22,23)24)16(13)26-8-27-18/h3-10H,1-2H3. The number of rotatable bonds is 4. The van der Waals surface area contributed by atoms with E-state index in [0.29, 0.717) is 11.6 Å². The lowest BCUT2D eigenvalue weighted by molar-refractivity contribution is -0.136. The van der Waals surface area contributed by atoms with Crippen molar-refractivity contribution in [3.05, 3.63) is 64.0 Å². The highest BCUT2D eigenvalue weighted by atomic mass is 79.9. The molecule has 1 atom stereocenters. The summed E-state index contributed by atoms with van der Waals surface area (Å²) in [5.74, 6) is 1.36. The van der Waals surface area contributed by atoms with Crippen LogP contribution >= 0.6 is 27.5 Å². The van der Waals surface area contributed by atoms with Crippen molar-refractivity contribution in [2.45, 2.75) is 19.1 Å². The first-order chi connectivity index (χ1) is 14.7. The first kappa shape index (κ1) is 21.4. The smallest absolute Gasteiger partial charge is 0.349 e. The second-order valence-corrected chi connectivity index (χ2v) is 8.05. The molecule has 160 valence electrons. The topological polar surface area (TPSA) is 72.6 Å². The first-order valence-corrected chi connectivity index (χ1v) is 10.1. The third-order valence-corrected chi connectivity index (χ3v) is 5.47. The molecule has 0 radical (unpaired) electrons. The predicted octanol–water partition coefficient (Wildman–Crippen LogP) is 5.24. The van der Waals surface area contributed by atoms with E-state index >= 15 is 0 Å². The third-order valence-electron chi connectivity index (χ3n) is 4.78. The second-order valence-electron chi connectivity index (χ2n) is 6.70. The van der Waals surface area contributed by atoms with E-state index in [1.54, 1.807) is 28.9 Å². The van der Waals surface area contributed by atoms with Gasteiger partial charge < -0.3 is 4.90 Å². The van der Waals surface area contributed by atoms with Gasteiger partial charge in [0.2, 0.25) is 0 Å². The van der Waals surface area contributed by atoms with Crippen LogP contribution in [-0.2, 0) is 6.18 Å². The van der Waals surface area contributed by atoms with Crippen LogP contribution in [0.3, 0.4) is 0 Å². The molecule has 7 nitrogen and oxygen atoms in total. The Balaban J connectivity index is 1.79. The number of pyridine rings is 1. The summed E-state index contributed by atoms with van der Waals surface area (Å²) >= 11 is 9.33. The van der Waals surface area contributed by atoms with Crippen LogP contribution in [0.1, 0.15) is 24.4 Å². The summed E-state index contributed by atoms with van der Waals surface area (Å²) < 4.78 is 42.9. The average molecular weight is 513 g/mol. The van der Waals surface area contributed by atoms with E-state index in [1.165, 1.54) is 12.4 Å². The first-order valence-electron chi connectivity index (χ1n) is 8.93. The highest BCUT2D eigenvalue weighted by Crippen LogP contribution is 2.39. The lowest BCUT2D eigenvalue weighted by Gasteiger charge is -2.26. The number of nitrogens with zero attached hydrogens (tertiary/aromatic N) is 7. The van der Waals surface area contributed by atoms with Gasteiger partial charge in [0.25, 0.3) is 0 Å². The Labute approximate surface area is 188 Å². The maximum Gasteiger partial charge on any atom is 0.418 e. The van der Waals surface area contributed by atoms with Crippen molar-refractivity contribution in [3.8, 4) is 5.82 Å². The van der Waals surface area contributed by atoms with Gasteiger partial charge in [-0.1, -0.05) is 11.6 Å². The number of benzene rings is 1. The van der Waals surface area contributed by atoms with Crippen LogP contribution in [-0.4, -0.2) is 36.8 Å². The van der Waals surface area contributed by atoms with Crippen molar-refractivity contribution in [2.75, 3.05) is 11.9 Å². The Morgan fingerprint density at radius 3 is 2.55 bits per heavy atom. The summed E-state index contributed by atoms with van der Waals surface area (Å²) in [6, 6.07) is 5.45. The molecule has 0 amide bonds. The van der Waals surface area contributed by atoms with E-state index in [9.17, 15) is 13.2 Å². The van der Waals surface area contributed by atoms with Crippen molar-refractivity contribution in [1.82, 2.24) is 29.7 Å². The van der Waals surface area contributed by atoms with E-state index in [2.05, 4.69) is 41.0 Å². The molecule has 0 N–H and O–H groups in total. The quantitative estimate of drug-likeness (QED) is 0.372. The van der Waals surface area contributed by atoms with E-state index in [1.807, 2.05) is 13.0 Å².